The predicted molar refractivity (Wildman–Crippen MR) is 87.4 cm³/mol. The number of aryl methyl sites for hydroxylation is 2. The summed E-state index contributed by atoms with van der Waals surface area (Å²) in [7, 11) is 0. The van der Waals surface area contributed by atoms with Crippen LogP contribution in [0.5, 0.6) is 11.5 Å². The van der Waals surface area contributed by atoms with Crippen molar-refractivity contribution in [2.45, 2.75) is 31.6 Å². The van der Waals surface area contributed by atoms with Crippen LogP contribution >= 0.6 is 0 Å². The summed E-state index contributed by atoms with van der Waals surface area (Å²) < 4.78 is 84.3. The van der Waals surface area contributed by atoms with E-state index in [-0.39, 0.29) is 11.1 Å². The van der Waals surface area contributed by atoms with E-state index in [4.69, 9.17) is 11.5 Å². The highest BCUT2D eigenvalue weighted by Crippen LogP contribution is 2.57. The highest BCUT2D eigenvalue weighted by molar-refractivity contribution is 5.64. The Morgan fingerprint density at radius 2 is 0.963 bits per heavy atom. The molecule has 2 aromatic rings. The molecule has 148 valence electrons. The Morgan fingerprint density at radius 3 is 1.19 bits per heavy atom. The lowest BCUT2D eigenvalue weighted by Crippen LogP contribution is -2.54. The average Bonchev–Trinajstić information content (AvgIpc) is 2.47. The number of alkyl halides is 6. The standard InChI is InChI=1S/C17H16F6N2O2/c1-7-3-9(5-11(24)13(7)26)15(16(18,19)20,17(21,22)23)10-4-8(2)14(27)12(25)6-10/h3-6,26-27H,24-25H2,1-2H3. The molecule has 0 radical (unpaired) electrons. The van der Waals surface area contributed by atoms with E-state index in [1.165, 1.54) is 0 Å². The lowest BCUT2D eigenvalue weighted by atomic mass is 9.71. The number of hydrogen-bond donors (Lipinski definition) is 4. The summed E-state index contributed by atoms with van der Waals surface area (Å²) in [5.41, 5.74) is 2.13. The van der Waals surface area contributed by atoms with E-state index in [0.717, 1.165) is 13.8 Å². The van der Waals surface area contributed by atoms with Gasteiger partial charge in [0.2, 0.25) is 5.41 Å². The Kier molecular flexibility index (Phi) is 4.67. The first-order chi connectivity index (χ1) is 12.1. The van der Waals surface area contributed by atoms with Crippen molar-refractivity contribution in [3.8, 4) is 11.5 Å². The first kappa shape index (κ1) is 20.5. The van der Waals surface area contributed by atoms with Crippen LogP contribution in [0.15, 0.2) is 24.3 Å². The van der Waals surface area contributed by atoms with Gasteiger partial charge in [-0.15, -0.1) is 0 Å². The molecule has 27 heavy (non-hydrogen) atoms. The SMILES string of the molecule is Cc1cc(C(c2cc(C)c(O)c(N)c2)(C(F)(F)F)C(F)(F)F)cc(N)c1O. The largest absolute Gasteiger partial charge is 0.506 e. The molecule has 0 unspecified atom stereocenters. The quantitative estimate of drug-likeness (QED) is 0.347. The number of anilines is 2. The van der Waals surface area contributed by atoms with Crippen molar-refractivity contribution in [1.82, 2.24) is 0 Å². The van der Waals surface area contributed by atoms with Gasteiger partial charge in [0.1, 0.15) is 11.5 Å². The fourth-order valence-corrected chi connectivity index (χ4v) is 3.03. The van der Waals surface area contributed by atoms with Crippen LogP contribution in [0.1, 0.15) is 22.3 Å². The molecule has 0 aromatic heterocycles. The monoisotopic (exact) mass is 394 g/mol. The molecule has 0 fully saturated rings. The number of phenolic OH excluding ortho intramolecular Hbond substituents is 2. The van der Waals surface area contributed by atoms with Crippen LogP contribution in [0.3, 0.4) is 0 Å². The molecule has 0 heterocycles. The summed E-state index contributed by atoms with van der Waals surface area (Å²) in [4.78, 5) is 0. The molecule has 0 bridgehead atoms. The zero-order valence-corrected chi connectivity index (χ0v) is 14.1. The van der Waals surface area contributed by atoms with Crippen molar-refractivity contribution < 1.29 is 36.6 Å². The number of nitrogen functional groups attached to an aromatic ring is 2. The van der Waals surface area contributed by atoms with Crippen molar-refractivity contribution in [1.29, 1.82) is 0 Å². The topological polar surface area (TPSA) is 92.5 Å². The van der Waals surface area contributed by atoms with E-state index in [0.29, 0.717) is 24.3 Å². The van der Waals surface area contributed by atoms with Gasteiger partial charge in [0, 0.05) is 0 Å². The molecule has 0 saturated carbocycles. The summed E-state index contributed by atoms with van der Waals surface area (Å²) in [5.74, 6) is -1.23. The van der Waals surface area contributed by atoms with Crippen molar-refractivity contribution in [2.24, 2.45) is 0 Å². The molecule has 2 rings (SSSR count). The highest BCUT2D eigenvalue weighted by atomic mass is 19.4. The molecule has 0 aliphatic carbocycles. The lowest BCUT2D eigenvalue weighted by Gasteiger charge is -2.39. The van der Waals surface area contributed by atoms with E-state index in [9.17, 15) is 36.6 Å². The Labute approximate surface area is 150 Å². The predicted octanol–water partition coefficient (Wildman–Crippen LogP) is 4.29. The highest BCUT2D eigenvalue weighted by Gasteiger charge is 2.72. The van der Waals surface area contributed by atoms with Gasteiger partial charge in [0.05, 0.1) is 11.4 Å². The van der Waals surface area contributed by atoms with E-state index in [2.05, 4.69) is 0 Å². The Bertz CT molecular complexity index is 770. The zero-order chi connectivity index (χ0) is 20.9. The maximum atomic E-state index is 14.0. The van der Waals surface area contributed by atoms with Gasteiger partial charge in [-0.2, -0.15) is 26.3 Å². The molecule has 4 nitrogen and oxygen atoms in total. The Balaban J connectivity index is 3.06. The smallest absolute Gasteiger partial charge is 0.411 e. The first-order valence-electron chi connectivity index (χ1n) is 7.47. The van der Waals surface area contributed by atoms with Gasteiger partial charge in [0.15, 0.2) is 0 Å². The van der Waals surface area contributed by atoms with E-state index >= 15 is 0 Å². The van der Waals surface area contributed by atoms with Crippen LogP contribution in [-0.2, 0) is 5.41 Å². The summed E-state index contributed by atoms with van der Waals surface area (Å²) in [6.45, 7) is 2.26. The third-order valence-electron chi connectivity index (χ3n) is 4.38. The second-order valence-corrected chi connectivity index (χ2v) is 6.21. The molecular weight excluding hydrogens is 378 g/mol. The number of hydrogen-bond acceptors (Lipinski definition) is 4. The van der Waals surface area contributed by atoms with Crippen LogP contribution in [0.4, 0.5) is 37.7 Å². The zero-order valence-electron chi connectivity index (χ0n) is 14.1. The summed E-state index contributed by atoms with van der Waals surface area (Å²) in [6.07, 6.45) is -11.7. The molecule has 0 aliphatic heterocycles. The van der Waals surface area contributed by atoms with Gasteiger partial charge in [-0.1, -0.05) is 12.1 Å². The third kappa shape index (κ3) is 2.98. The van der Waals surface area contributed by atoms with Crippen LogP contribution in [-0.4, -0.2) is 22.6 Å². The van der Waals surface area contributed by atoms with Gasteiger partial charge in [0.25, 0.3) is 0 Å². The molecule has 2 aromatic carbocycles. The average molecular weight is 394 g/mol. The molecule has 6 N–H and O–H groups in total. The number of phenols is 2. The van der Waals surface area contributed by atoms with Crippen molar-refractivity contribution >= 4 is 11.4 Å². The van der Waals surface area contributed by atoms with Gasteiger partial charge in [-0.3, -0.25) is 0 Å². The molecule has 0 amide bonds. The van der Waals surface area contributed by atoms with Crippen LogP contribution < -0.4 is 11.5 Å². The van der Waals surface area contributed by atoms with Crippen molar-refractivity contribution in [3.05, 3.63) is 46.5 Å². The molecule has 0 aliphatic rings. The minimum absolute atomic E-state index is 0.258. The Morgan fingerprint density at radius 1 is 0.667 bits per heavy atom. The fraction of sp³-hybridized carbons (Fsp3) is 0.294. The van der Waals surface area contributed by atoms with E-state index in [1.54, 1.807) is 0 Å². The second kappa shape index (κ2) is 6.14. The lowest BCUT2D eigenvalue weighted by molar-refractivity contribution is -0.288. The molecule has 0 saturated heterocycles. The number of halogens is 6. The molecule has 0 atom stereocenters. The normalized spacial score (nSPS) is 13.0. The molecular formula is C17H16F6N2O2. The molecule has 0 spiro atoms. The van der Waals surface area contributed by atoms with Gasteiger partial charge in [-0.05, 0) is 48.2 Å². The van der Waals surface area contributed by atoms with Crippen LogP contribution in [0.2, 0.25) is 0 Å². The Hall–Kier alpha value is -2.78. The minimum Gasteiger partial charge on any atom is -0.506 e. The van der Waals surface area contributed by atoms with Crippen LogP contribution in [0, 0.1) is 13.8 Å². The van der Waals surface area contributed by atoms with Gasteiger partial charge >= 0.3 is 12.4 Å². The van der Waals surface area contributed by atoms with Gasteiger partial charge in [-0.25, -0.2) is 0 Å². The van der Waals surface area contributed by atoms with Crippen molar-refractivity contribution in [3.63, 3.8) is 0 Å². The fourth-order valence-electron chi connectivity index (χ4n) is 3.03. The van der Waals surface area contributed by atoms with Crippen molar-refractivity contribution in [2.75, 3.05) is 11.5 Å². The number of aromatic hydroxyl groups is 2. The summed E-state index contributed by atoms with van der Waals surface area (Å²) >= 11 is 0. The van der Waals surface area contributed by atoms with E-state index in [1.807, 2.05) is 0 Å². The third-order valence-corrected chi connectivity index (χ3v) is 4.38. The number of nitrogens with two attached hydrogens (primary N) is 2. The summed E-state index contributed by atoms with van der Waals surface area (Å²) in [6, 6.07) is 2.01. The maximum absolute atomic E-state index is 14.0. The number of rotatable bonds is 2. The maximum Gasteiger partial charge on any atom is 0.411 e. The summed E-state index contributed by atoms with van der Waals surface area (Å²) in [5, 5.41) is 19.3. The van der Waals surface area contributed by atoms with E-state index < -0.39 is 51.8 Å². The second-order valence-electron chi connectivity index (χ2n) is 6.21. The van der Waals surface area contributed by atoms with Crippen LogP contribution in [0.25, 0.3) is 0 Å². The minimum atomic E-state index is -5.84. The van der Waals surface area contributed by atoms with Gasteiger partial charge < -0.3 is 21.7 Å². The molecule has 10 heteroatoms. The number of benzene rings is 2. The first-order valence-corrected chi connectivity index (χ1v) is 7.47.